The molecule has 14 N–H and O–H groups in total. The molecule has 12 unspecified atom stereocenters. The SMILES string of the molecule is OCC1O[C@H](OCC2O[C@H](O[C@@H]3C(CO)O[C@H](O[C@@H]4C(CO)O[C@@H](O)C(O)C4O)C(O)C3O)C(O)C(O)[C@@H]2O)C(O)C(O)[C@@H]1O. The zero-order valence-corrected chi connectivity index (χ0v) is 23.5. The standard InChI is InChI=1S/C24H42O21/c25-1-5-9(28)11(30)16(35)22(41-5)39-4-8-10(29)12(31)17(36)23(43-8)45-20-7(3-27)42-24(18(37)14(20)33)44-19-6(2-26)40-21(38)15(34)13(19)32/h5-38H,1-4H2/t5?,6?,7?,8?,9-,10-,11?,12?,13?,14?,15?,16?,17?,18?,19-,20-,21-,22+,23-,24-/m1/s1. The molecular formula is C24H42O21. The van der Waals surface area contributed by atoms with Gasteiger partial charge in [-0.3, -0.25) is 0 Å². The van der Waals surface area contributed by atoms with Gasteiger partial charge in [-0.2, -0.15) is 0 Å². The maximum atomic E-state index is 10.9. The zero-order valence-electron chi connectivity index (χ0n) is 23.5. The summed E-state index contributed by atoms with van der Waals surface area (Å²) in [6.07, 6.45) is -35.0. The molecule has 4 heterocycles. The van der Waals surface area contributed by atoms with Crippen LogP contribution in [-0.2, 0) is 33.2 Å². The summed E-state index contributed by atoms with van der Waals surface area (Å²) in [6, 6.07) is 0. The molecule has 0 amide bonds. The fraction of sp³-hybridized carbons (Fsp3) is 1.00. The number of aliphatic hydroxyl groups is 14. The van der Waals surface area contributed by atoms with Crippen LogP contribution in [0.5, 0.6) is 0 Å². The van der Waals surface area contributed by atoms with Crippen LogP contribution < -0.4 is 0 Å². The van der Waals surface area contributed by atoms with Gasteiger partial charge in [-0.05, 0) is 0 Å². The number of hydrogen-bond donors (Lipinski definition) is 14. The van der Waals surface area contributed by atoms with Gasteiger partial charge in [0.1, 0.15) is 97.7 Å². The van der Waals surface area contributed by atoms with Crippen LogP contribution in [0.15, 0.2) is 0 Å². The summed E-state index contributed by atoms with van der Waals surface area (Å²) >= 11 is 0. The molecule has 20 atom stereocenters. The lowest BCUT2D eigenvalue weighted by Crippen LogP contribution is -2.66. The van der Waals surface area contributed by atoms with Crippen molar-refractivity contribution in [2.24, 2.45) is 0 Å². The fourth-order valence-corrected chi connectivity index (χ4v) is 5.44. The summed E-state index contributed by atoms with van der Waals surface area (Å²) in [5.74, 6) is 0. The second kappa shape index (κ2) is 15.6. The highest BCUT2D eigenvalue weighted by Crippen LogP contribution is 2.32. The van der Waals surface area contributed by atoms with Gasteiger partial charge in [0, 0.05) is 0 Å². The van der Waals surface area contributed by atoms with Crippen molar-refractivity contribution in [2.75, 3.05) is 26.4 Å². The maximum absolute atomic E-state index is 10.9. The van der Waals surface area contributed by atoms with E-state index in [1.807, 2.05) is 0 Å². The molecule has 0 spiro atoms. The van der Waals surface area contributed by atoms with Gasteiger partial charge in [0.25, 0.3) is 0 Å². The maximum Gasteiger partial charge on any atom is 0.187 e. The molecule has 0 radical (unpaired) electrons. The minimum Gasteiger partial charge on any atom is -0.394 e. The second-order valence-electron chi connectivity index (χ2n) is 11.2. The second-order valence-corrected chi connectivity index (χ2v) is 11.2. The first-order chi connectivity index (χ1) is 21.2. The van der Waals surface area contributed by atoms with Crippen molar-refractivity contribution in [3.05, 3.63) is 0 Å². The first kappa shape index (κ1) is 37.0. The van der Waals surface area contributed by atoms with Crippen LogP contribution in [0.1, 0.15) is 0 Å². The molecule has 4 saturated heterocycles. The molecule has 0 saturated carbocycles. The Kier molecular flexibility index (Phi) is 12.8. The average molecular weight is 667 g/mol. The number of aliphatic hydroxyl groups excluding tert-OH is 14. The van der Waals surface area contributed by atoms with Gasteiger partial charge in [0.2, 0.25) is 0 Å². The minimum atomic E-state index is -2.00. The van der Waals surface area contributed by atoms with Crippen LogP contribution in [0.4, 0.5) is 0 Å². The third kappa shape index (κ3) is 7.59. The smallest absolute Gasteiger partial charge is 0.187 e. The molecule has 45 heavy (non-hydrogen) atoms. The van der Waals surface area contributed by atoms with Gasteiger partial charge >= 0.3 is 0 Å². The summed E-state index contributed by atoms with van der Waals surface area (Å²) in [5, 5.41) is 142. The molecular weight excluding hydrogens is 624 g/mol. The van der Waals surface area contributed by atoms with Crippen molar-refractivity contribution in [1.82, 2.24) is 0 Å². The summed E-state index contributed by atoms with van der Waals surface area (Å²) in [6.45, 7) is -3.14. The van der Waals surface area contributed by atoms with Crippen molar-refractivity contribution in [3.63, 3.8) is 0 Å². The van der Waals surface area contributed by atoms with Crippen LogP contribution >= 0.6 is 0 Å². The zero-order chi connectivity index (χ0) is 33.3. The molecule has 4 aliphatic heterocycles. The third-order valence-electron chi connectivity index (χ3n) is 8.18. The predicted octanol–water partition coefficient (Wildman–Crippen LogP) is -9.75. The normalized spacial score (nSPS) is 52.9. The quantitative estimate of drug-likeness (QED) is 0.103. The summed E-state index contributed by atoms with van der Waals surface area (Å²) < 4.78 is 37.5. The molecule has 0 aromatic heterocycles. The summed E-state index contributed by atoms with van der Waals surface area (Å²) in [7, 11) is 0. The summed E-state index contributed by atoms with van der Waals surface area (Å²) in [5.41, 5.74) is 0. The van der Waals surface area contributed by atoms with Crippen LogP contribution in [0.2, 0.25) is 0 Å². The van der Waals surface area contributed by atoms with Crippen molar-refractivity contribution >= 4 is 0 Å². The average Bonchev–Trinajstić information content (AvgIpc) is 3.03. The molecule has 0 aromatic carbocycles. The van der Waals surface area contributed by atoms with Gasteiger partial charge < -0.3 is 105 Å². The Morgan fingerprint density at radius 3 is 1.31 bits per heavy atom. The third-order valence-corrected chi connectivity index (χ3v) is 8.18. The van der Waals surface area contributed by atoms with E-state index >= 15 is 0 Å². The van der Waals surface area contributed by atoms with Crippen LogP contribution in [0.25, 0.3) is 0 Å². The Hall–Kier alpha value is -0.840. The van der Waals surface area contributed by atoms with Crippen LogP contribution in [-0.4, -0.2) is 221 Å². The van der Waals surface area contributed by atoms with E-state index in [0.29, 0.717) is 0 Å². The largest absolute Gasteiger partial charge is 0.394 e. The first-order valence-corrected chi connectivity index (χ1v) is 14.1. The molecule has 0 bridgehead atoms. The van der Waals surface area contributed by atoms with E-state index < -0.39 is 149 Å². The molecule has 264 valence electrons. The van der Waals surface area contributed by atoms with E-state index in [-0.39, 0.29) is 0 Å². The van der Waals surface area contributed by atoms with Crippen LogP contribution in [0.3, 0.4) is 0 Å². The fourth-order valence-electron chi connectivity index (χ4n) is 5.44. The number of ether oxygens (including phenoxy) is 7. The van der Waals surface area contributed by atoms with E-state index in [2.05, 4.69) is 0 Å². The highest BCUT2D eigenvalue weighted by molar-refractivity contribution is 4.96. The van der Waals surface area contributed by atoms with E-state index in [9.17, 15) is 71.5 Å². The van der Waals surface area contributed by atoms with Gasteiger partial charge in [-0.25, -0.2) is 0 Å². The Labute approximate surface area is 254 Å². The van der Waals surface area contributed by atoms with Crippen molar-refractivity contribution in [1.29, 1.82) is 0 Å². The molecule has 21 nitrogen and oxygen atoms in total. The van der Waals surface area contributed by atoms with Crippen LogP contribution in [0, 0.1) is 0 Å². The summed E-state index contributed by atoms with van der Waals surface area (Å²) in [4.78, 5) is 0. The van der Waals surface area contributed by atoms with Gasteiger partial charge in [0.05, 0.1) is 26.4 Å². The Morgan fingerprint density at radius 1 is 0.378 bits per heavy atom. The molecule has 21 heteroatoms. The lowest BCUT2D eigenvalue weighted by atomic mass is 9.96. The molecule has 4 rings (SSSR count). The lowest BCUT2D eigenvalue weighted by Gasteiger charge is -2.48. The van der Waals surface area contributed by atoms with Crippen molar-refractivity contribution in [2.45, 2.75) is 123 Å². The van der Waals surface area contributed by atoms with E-state index in [1.54, 1.807) is 0 Å². The van der Waals surface area contributed by atoms with E-state index in [0.717, 1.165) is 0 Å². The monoisotopic (exact) mass is 666 g/mol. The highest BCUT2D eigenvalue weighted by Gasteiger charge is 2.53. The topological polar surface area (TPSA) is 348 Å². The highest BCUT2D eigenvalue weighted by atomic mass is 16.8. The Bertz CT molecular complexity index is 912. The molecule has 0 aliphatic carbocycles. The minimum absolute atomic E-state index is 0.683. The number of hydrogen-bond acceptors (Lipinski definition) is 21. The van der Waals surface area contributed by atoms with Crippen molar-refractivity contribution < 1.29 is 105 Å². The molecule has 4 aliphatic rings. The lowest BCUT2D eigenvalue weighted by molar-refractivity contribution is -0.380. The van der Waals surface area contributed by atoms with Crippen molar-refractivity contribution in [3.8, 4) is 0 Å². The predicted molar refractivity (Wildman–Crippen MR) is 134 cm³/mol. The first-order valence-electron chi connectivity index (χ1n) is 14.1. The van der Waals surface area contributed by atoms with E-state index in [4.69, 9.17) is 33.2 Å². The van der Waals surface area contributed by atoms with Gasteiger partial charge in [0.15, 0.2) is 25.2 Å². The number of rotatable bonds is 10. The van der Waals surface area contributed by atoms with Gasteiger partial charge in [-0.15, -0.1) is 0 Å². The van der Waals surface area contributed by atoms with Gasteiger partial charge in [-0.1, -0.05) is 0 Å². The molecule has 4 fully saturated rings. The Morgan fingerprint density at radius 2 is 0.778 bits per heavy atom. The molecule has 0 aromatic rings. The van der Waals surface area contributed by atoms with E-state index in [1.165, 1.54) is 0 Å². The Balaban J connectivity index is 1.41.